The van der Waals surface area contributed by atoms with Crippen LogP contribution in [0.15, 0.2) is 45.6 Å². The number of para-hydroxylation sites is 2. The number of nitrogens with one attached hydrogen (secondary N) is 2. The summed E-state index contributed by atoms with van der Waals surface area (Å²) in [5, 5.41) is 3.74. The Labute approximate surface area is 201 Å². The predicted molar refractivity (Wildman–Crippen MR) is 134 cm³/mol. The van der Waals surface area contributed by atoms with Gasteiger partial charge in [0.15, 0.2) is 11.3 Å². The summed E-state index contributed by atoms with van der Waals surface area (Å²) in [7, 11) is 3.00. The molecule has 4 rings (SSSR count). The molecule has 0 saturated heterocycles. The number of amides is 1. The molecular weight excluding hydrogens is 454 g/mol. The first-order valence-corrected chi connectivity index (χ1v) is 12.3. The minimum atomic E-state index is -0.573. The number of nitrogens with zero attached hydrogens (tertiary/aromatic N) is 1. The fourth-order valence-corrected chi connectivity index (χ4v) is 4.50. The van der Waals surface area contributed by atoms with Crippen molar-refractivity contribution >= 4 is 39.7 Å². The molecule has 178 valence electrons. The number of fused-ring (bicyclic) bond motifs is 2. The molecule has 2 aromatic heterocycles. The Hall–Kier alpha value is -3.46. The summed E-state index contributed by atoms with van der Waals surface area (Å²) in [6.45, 7) is 1.80. The van der Waals surface area contributed by atoms with Crippen LogP contribution in [0.25, 0.3) is 22.0 Å². The van der Waals surface area contributed by atoms with Crippen molar-refractivity contribution in [1.29, 1.82) is 0 Å². The monoisotopic (exact) mass is 481 g/mol. The molecule has 2 aromatic carbocycles. The van der Waals surface area contributed by atoms with Crippen molar-refractivity contribution in [3.8, 4) is 11.5 Å². The van der Waals surface area contributed by atoms with Crippen LogP contribution in [0.1, 0.15) is 29.4 Å². The third-order valence-corrected chi connectivity index (χ3v) is 6.46. The highest BCUT2D eigenvalue weighted by atomic mass is 32.2. The number of aryl methyl sites for hydroxylation is 1. The maximum Gasteiger partial charge on any atom is 0.340 e. The first-order chi connectivity index (χ1) is 16.5. The van der Waals surface area contributed by atoms with Crippen LogP contribution in [-0.2, 0) is 11.2 Å². The van der Waals surface area contributed by atoms with Gasteiger partial charge in [0.05, 0.1) is 43.3 Å². The summed E-state index contributed by atoms with van der Waals surface area (Å²) >= 11 is 1.70. The van der Waals surface area contributed by atoms with Crippen LogP contribution in [0.4, 0.5) is 0 Å². The zero-order valence-electron chi connectivity index (χ0n) is 19.6. The first kappa shape index (κ1) is 23.7. The van der Waals surface area contributed by atoms with E-state index in [9.17, 15) is 9.59 Å². The van der Waals surface area contributed by atoms with Gasteiger partial charge in [-0.05, 0) is 55.2 Å². The van der Waals surface area contributed by atoms with E-state index in [4.69, 9.17) is 13.9 Å². The summed E-state index contributed by atoms with van der Waals surface area (Å²) in [6, 6.07) is 11.0. The lowest BCUT2D eigenvalue weighted by Gasteiger charge is -2.17. The average molecular weight is 482 g/mol. The van der Waals surface area contributed by atoms with Gasteiger partial charge in [-0.25, -0.2) is 9.78 Å². The zero-order valence-corrected chi connectivity index (χ0v) is 20.4. The fourth-order valence-electron chi connectivity index (χ4n) is 4.03. The molecular formula is C25H27N3O5S. The number of carbonyl (C=O) groups excluding carboxylic acids is 1. The van der Waals surface area contributed by atoms with E-state index in [1.54, 1.807) is 30.8 Å². The van der Waals surface area contributed by atoms with Crippen LogP contribution < -0.4 is 20.4 Å². The number of H-pyrrole nitrogens is 1. The Morgan fingerprint density at radius 3 is 2.71 bits per heavy atom. The molecule has 34 heavy (non-hydrogen) atoms. The van der Waals surface area contributed by atoms with E-state index < -0.39 is 5.63 Å². The standard InChI is InChI=1S/C25H27N3O5S/c1-14-15-9-10-20(31-2)23(32-3)22(15)33-25(30)16(14)13-21(29)26-19(11-12-34-4)24-27-17-7-5-6-8-18(17)28-24/h5-10,19H,11-13H2,1-4H3,(H,26,29)(H,27,28)/t19-/m0/s1. The molecule has 9 heteroatoms. The van der Waals surface area contributed by atoms with Crippen molar-refractivity contribution in [2.45, 2.75) is 25.8 Å². The van der Waals surface area contributed by atoms with Gasteiger partial charge in [-0.3, -0.25) is 4.79 Å². The number of hydrogen-bond acceptors (Lipinski definition) is 7. The molecule has 0 aliphatic carbocycles. The molecule has 4 aromatic rings. The normalized spacial score (nSPS) is 12.1. The van der Waals surface area contributed by atoms with Crippen LogP contribution in [0.3, 0.4) is 0 Å². The molecule has 0 aliphatic heterocycles. The quantitative estimate of drug-likeness (QED) is 0.346. The Morgan fingerprint density at radius 1 is 1.21 bits per heavy atom. The number of thioether (sulfide) groups is 1. The number of rotatable bonds is 9. The van der Waals surface area contributed by atoms with Crippen molar-refractivity contribution < 1.29 is 18.7 Å². The molecule has 0 aliphatic rings. The highest BCUT2D eigenvalue weighted by Crippen LogP contribution is 2.36. The van der Waals surface area contributed by atoms with E-state index >= 15 is 0 Å². The van der Waals surface area contributed by atoms with Gasteiger partial charge in [-0.2, -0.15) is 11.8 Å². The second kappa shape index (κ2) is 10.2. The zero-order chi connectivity index (χ0) is 24.2. The second-order valence-corrected chi connectivity index (χ2v) is 8.87. The van der Waals surface area contributed by atoms with Crippen molar-refractivity contribution in [2.75, 3.05) is 26.2 Å². The lowest BCUT2D eigenvalue weighted by atomic mass is 10.0. The topological polar surface area (TPSA) is 106 Å². The number of hydrogen-bond donors (Lipinski definition) is 2. The third kappa shape index (κ3) is 4.61. The van der Waals surface area contributed by atoms with E-state index in [0.717, 1.165) is 16.8 Å². The molecule has 1 atom stereocenters. The van der Waals surface area contributed by atoms with Crippen molar-refractivity contribution in [2.24, 2.45) is 0 Å². The number of benzene rings is 2. The van der Waals surface area contributed by atoms with E-state index in [2.05, 4.69) is 15.3 Å². The maximum absolute atomic E-state index is 13.1. The molecule has 2 N–H and O–H groups in total. The highest BCUT2D eigenvalue weighted by molar-refractivity contribution is 7.98. The van der Waals surface area contributed by atoms with Gasteiger partial charge in [-0.1, -0.05) is 12.1 Å². The minimum Gasteiger partial charge on any atom is -0.493 e. The molecule has 0 unspecified atom stereocenters. The molecule has 0 fully saturated rings. The van der Waals surface area contributed by atoms with Gasteiger partial charge in [-0.15, -0.1) is 0 Å². The highest BCUT2D eigenvalue weighted by Gasteiger charge is 2.22. The Balaban J connectivity index is 1.62. The van der Waals surface area contributed by atoms with Crippen LogP contribution >= 0.6 is 11.8 Å². The van der Waals surface area contributed by atoms with E-state index in [-0.39, 0.29) is 18.4 Å². The van der Waals surface area contributed by atoms with Crippen LogP contribution in [-0.4, -0.2) is 42.1 Å². The Kier molecular flexibility index (Phi) is 7.12. The van der Waals surface area contributed by atoms with E-state index in [1.807, 2.05) is 30.5 Å². The largest absolute Gasteiger partial charge is 0.493 e. The minimum absolute atomic E-state index is 0.103. The number of aromatic amines is 1. The van der Waals surface area contributed by atoms with Gasteiger partial charge in [0.25, 0.3) is 0 Å². The molecule has 0 spiro atoms. The lowest BCUT2D eigenvalue weighted by Crippen LogP contribution is -2.32. The molecule has 8 nitrogen and oxygen atoms in total. The van der Waals surface area contributed by atoms with Crippen molar-refractivity contribution in [3.63, 3.8) is 0 Å². The van der Waals surface area contributed by atoms with Crippen LogP contribution in [0.5, 0.6) is 11.5 Å². The number of imidazole rings is 1. The summed E-state index contributed by atoms with van der Waals surface area (Å²) in [5.74, 6) is 2.08. The Bertz CT molecular complexity index is 1360. The molecule has 0 saturated carbocycles. The summed E-state index contributed by atoms with van der Waals surface area (Å²) in [4.78, 5) is 33.8. The molecule has 2 heterocycles. The maximum atomic E-state index is 13.1. The number of carbonyl (C=O) groups is 1. The first-order valence-electron chi connectivity index (χ1n) is 10.9. The number of ether oxygens (including phenoxy) is 2. The predicted octanol–water partition coefficient (Wildman–Crippen LogP) is 4.15. The summed E-state index contributed by atoms with van der Waals surface area (Å²) < 4.78 is 16.3. The SMILES string of the molecule is COc1ccc2c(C)c(CC(=O)N[C@@H](CCSC)c3nc4ccccc4[nH]3)c(=O)oc2c1OC. The number of aromatic nitrogens is 2. The van der Waals surface area contributed by atoms with Gasteiger partial charge >= 0.3 is 5.63 Å². The molecule has 0 radical (unpaired) electrons. The summed E-state index contributed by atoms with van der Waals surface area (Å²) in [5.41, 5.74) is 2.47. The van der Waals surface area contributed by atoms with E-state index in [0.29, 0.717) is 45.8 Å². The number of methoxy groups -OCH3 is 2. The van der Waals surface area contributed by atoms with Crippen molar-refractivity contribution in [1.82, 2.24) is 15.3 Å². The van der Waals surface area contributed by atoms with Gasteiger partial charge < -0.3 is 24.2 Å². The fraction of sp³-hybridized carbons (Fsp3) is 0.320. The summed E-state index contributed by atoms with van der Waals surface area (Å²) in [6.07, 6.45) is 2.62. The molecule has 1 amide bonds. The Morgan fingerprint density at radius 2 is 2.00 bits per heavy atom. The lowest BCUT2D eigenvalue weighted by molar-refractivity contribution is -0.121. The van der Waals surface area contributed by atoms with E-state index in [1.165, 1.54) is 14.2 Å². The third-order valence-electron chi connectivity index (χ3n) is 5.82. The van der Waals surface area contributed by atoms with Gasteiger partial charge in [0.1, 0.15) is 5.82 Å². The van der Waals surface area contributed by atoms with Crippen molar-refractivity contribution in [3.05, 3.63) is 63.8 Å². The van der Waals surface area contributed by atoms with Crippen LogP contribution in [0, 0.1) is 6.92 Å². The smallest absolute Gasteiger partial charge is 0.340 e. The molecule has 0 bridgehead atoms. The van der Waals surface area contributed by atoms with Gasteiger partial charge in [0.2, 0.25) is 11.7 Å². The van der Waals surface area contributed by atoms with Crippen LogP contribution in [0.2, 0.25) is 0 Å². The second-order valence-electron chi connectivity index (χ2n) is 7.89. The average Bonchev–Trinajstić information content (AvgIpc) is 3.27. The van der Waals surface area contributed by atoms with Gasteiger partial charge in [0, 0.05) is 5.39 Å².